The summed E-state index contributed by atoms with van der Waals surface area (Å²) in [6.45, 7) is -0.335. The van der Waals surface area contributed by atoms with Gasteiger partial charge in [-0.05, 0) is 12.1 Å². The van der Waals surface area contributed by atoms with Crippen LogP contribution >= 0.6 is 11.8 Å². The van der Waals surface area contributed by atoms with Crippen molar-refractivity contribution in [1.82, 2.24) is 5.32 Å². The Morgan fingerprint density at radius 1 is 1.37 bits per heavy atom. The van der Waals surface area contributed by atoms with Crippen LogP contribution in [0, 0.1) is 5.82 Å². The summed E-state index contributed by atoms with van der Waals surface area (Å²) in [7, 11) is 0. The van der Waals surface area contributed by atoms with Gasteiger partial charge in [0.15, 0.2) is 6.10 Å². The predicted octanol–water partition coefficient (Wildman–Crippen LogP) is 0.870. The number of carboxylic acids is 1. The molecule has 0 heterocycles. The van der Waals surface area contributed by atoms with Crippen molar-refractivity contribution in [3.05, 3.63) is 30.1 Å². The van der Waals surface area contributed by atoms with E-state index >= 15 is 0 Å². The number of benzene rings is 1. The zero-order chi connectivity index (χ0) is 14.3. The Labute approximate surface area is 113 Å². The van der Waals surface area contributed by atoms with Crippen molar-refractivity contribution in [2.45, 2.75) is 17.4 Å². The van der Waals surface area contributed by atoms with Crippen molar-refractivity contribution in [1.29, 1.82) is 0 Å². The Hall–Kier alpha value is -1.60. The van der Waals surface area contributed by atoms with Gasteiger partial charge in [-0.15, -0.1) is 11.8 Å². The van der Waals surface area contributed by atoms with Gasteiger partial charge >= 0.3 is 5.97 Å². The van der Waals surface area contributed by atoms with Gasteiger partial charge in [-0.3, -0.25) is 4.79 Å². The van der Waals surface area contributed by atoms with Crippen LogP contribution in [0.5, 0.6) is 0 Å². The summed E-state index contributed by atoms with van der Waals surface area (Å²) in [5.41, 5.74) is 0. The summed E-state index contributed by atoms with van der Waals surface area (Å²) < 4.78 is 13.2. The van der Waals surface area contributed by atoms with Gasteiger partial charge in [0.1, 0.15) is 5.82 Å². The molecule has 1 amide bonds. The lowest BCUT2D eigenvalue weighted by Gasteiger charge is -2.07. The first-order valence-electron chi connectivity index (χ1n) is 5.55. The molecule has 1 aromatic rings. The van der Waals surface area contributed by atoms with Gasteiger partial charge < -0.3 is 15.5 Å². The topological polar surface area (TPSA) is 86.6 Å². The van der Waals surface area contributed by atoms with Crippen LogP contribution < -0.4 is 5.32 Å². The summed E-state index contributed by atoms with van der Waals surface area (Å²) in [6.07, 6.45) is -1.49. The van der Waals surface area contributed by atoms with Crippen molar-refractivity contribution in [3.63, 3.8) is 0 Å². The van der Waals surface area contributed by atoms with E-state index in [2.05, 4.69) is 5.32 Å². The van der Waals surface area contributed by atoms with Gasteiger partial charge in [-0.1, -0.05) is 12.1 Å². The van der Waals surface area contributed by atoms with E-state index in [1.54, 1.807) is 18.2 Å². The molecule has 3 N–H and O–H groups in total. The third-order valence-corrected chi connectivity index (χ3v) is 3.25. The summed E-state index contributed by atoms with van der Waals surface area (Å²) in [6, 6.07) is 6.24. The average Bonchev–Trinajstić information content (AvgIpc) is 2.38. The quantitative estimate of drug-likeness (QED) is 0.648. The highest BCUT2D eigenvalue weighted by atomic mass is 32.2. The third-order valence-electron chi connectivity index (χ3n) is 2.20. The fourth-order valence-electron chi connectivity index (χ4n) is 1.20. The maximum atomic E-state index is 13.2. The Balaban J connectivity index is 2.24. The van der Waals surface area contributed by atoms with Crippen LogP contribution in [0.1, 0.15) is 6.42 Å². The van der Waals surface area contributed by atoms with Gasteiger partial charge in [0, 0.05) is 17.1 Å². The largest absolute Gasteiger partial charge is 0.479 e. The first kappa shape index (κ1) is 15.5. The Kier molecular flexibility index (Phi) is 6.31. The third kappa shape index (κ3) is 5.71. The second-order valence-corrected chi connectivity index (χ2v) is 4.82. The molecule has 0 aliphatic heterocycles. The molecule has 1 aromatic carbocycles. The van der Waals surface area contributed by atoms with E-state index in [0.717, 1.165) is 0 Å². The molecule has 0 radical (unpaired) electrons. The normalized spacial score (nSPS) is 11.9. The minimum atomic E-state index is -1.61. The van der Waals surface area contributed by atoms with Gasteiger partial charge in [0.05, 0.1) is 6.54 Å². The van der Waals surface area contributed by atoms with Crippen LogP contribution in [0.3, 0.4) is 0 Å². The number of hydrogen-bond donors (Lipinski definition) is 3. The van der Waals surface area contributed by atoms with Crippen molar-refractivity contribution in [2.75, 3.05) is 12.3 Å². The number of aliphatic hydroxyl groups excluding tert-OH is 1. The lowest BCUT2D eigenvalue weighted by atomic mass is 10.3. The standard InChI is InChI=1S/C12H14FNO4S/c13-8-3-1-2-4-10(8)19-6-5-11(16)14-7-9(15)12(17)18/h1-4,9,15H,5-7H2,(H,14,16)(H,17,18). The first-order chi connectivity index (χ1) is 9.00. The van der Waals surface area contributed by atoms with Crippen LogP contribution in [0.2, 0.25) is 0 Å². The van der Waals surface area contributed by atoms with E-state index in [1.807, 2.05) is 0 Å². The predicted molar refractivity (Wildman–Crippen MR) is 68.4 cm³/mol. The van der Waals surface area contributed by atoms with Crippen LogP contribution in [-0.4, -0.2) is 40.5 Å². The van der Waals surface area contributed by atoms with Crippen molar-refractivity contribution in [2.24, 2.45) is 0 Å². The second kappa shape index (κ2) is 7.75. The Bertz CT molecular complexity index is 455. The number of carbonyl (C=O) groups is 2. The molecular formula is C12H14FNO4S. The van der Waals surface area contributed by atoms with E-state index in [0.29, 0.717) is 10.6 Å². The fraction of sp³-hybridized carbons (Fsp3) is 0.333. The zero-order valence-corrected chi connectivity index (χ0v) is 10.8. The van der Waals surface area contributed by atoms with Gasteiger partial charge in [-0.2, -0.15) is 0 Å². The van der Waals surface area contributed by atoms with E-state index < -0.39 is 12.1 Å². The lowest BCUT2D eigenvalue weighted by Crippen LogP contribution is -2.36. The van der Waals surface area contributed by atoms with E-state index in [9.17, 15) is 14.0 Å². The molecule has 0 fully saturated rings. The van der Waals surface area contributed by atoms with Crippen LogP contribution in [0.4, 0.5) is 4.39 Å². The smallest absolute Gasteiger partial charge is 0.334 e. The maximum Gasteiger partial charge on any atom is 0.334 e. The number of nitrogens with one attached hydrogen (secondary N) is 1. The van der Waals surface area contributed by atoms with Crippen LogP contribution in [-0.2, 0) is 9.59 Å². The zero-order valence-electron chi connectivity index (χ0n) is 10.0. The van der Waals surface area contributed by atoms with Crippen molar-refractivity contribution >= 4 is 23.6 Å². The van der Waals surface area contributed by atoms with Crippen molar-refractivity contribution in [3.8, 4) is 0 Å². The molecule has 0 bridgehead atoms. The SMILES string of the molecule is O=C(CCSc1ccccc1F)NCC(O)C(=O)O. The maximum absolute atomic E-state index is 13.2. The first-order valence-corrected chi connectivity index (χ1v) is 6.54. The van der Waals surface area contributed by atoms with Gasteiger partial charge in [0.25, 0.3) is 0 Å². The van der Waals surface area contributed by atoms with Gasteiger partial charge in [0.2, 0.25) is 5.91 Å². The van der Waals surface area contributed by atoms with Gasteiger partial charge in [-0.25, -0.2) is 9.18 Å². The number of rotatable bonds is 7. The lowest BCUT2D eigenvalue weighted by molar-refractivity contribution is -0.146. The Morgan fingerprint density at radius 2 is 2.05 bits per heavy atom. The molecule has 104 valence electrons. The van der Waals surface area contributed by atoms with E-state index in [4.69, 9.17) is 10.2 Å². The van der Waals surface area contributed by atoms with Crippen LogP contribution in [0.25, 0.3) is 0 Å². The number of hydrogen-bond acceptors (Lipinski definition) is 4. The summed E-state index contributed by atoms with van der Waals surface area (Å²) in [4.78, 5) is 22.1. The second-order valence-electron chi connectivity index (χ2n) is 3.69. The number of amides is 1. The molecule has 5 nitrogen and oxygen atoms in total. The molecule has 0 aromatic heterocycles. The molecule has 1 atom stereocenters. The molecule has 0 saturated carbocycles. The molecule has 19 heavy (non-hydrogen) atoms. The minimum Gasteiger partial charge on any atom is -0.479 e. The minimum absolute atomic E-state index is 0.116. The number of aliphatic carboxylic acids is 1. The number of carboxylic acid groups (broad SMARTS) is 1. The molecule has 0 aliphatic carbocycles. The van der Waals surface area contributed by atoms with Crippen molar-refractivity contribution < 1.29 is 24.2 Å². The summed E-state index contributed by atoms with van der Waals surface area (Å²) in [5.74, 6) is -1.74. The molecule has 0 saturated heterocycles. The summed E-state index contributed by atoms with van der Waals surface area (Å²) in [5, 5.41) is 19.6. The molecule has 1 rings (SSSR count). The van der Waals surface area contributed by atoms with E-state index in [1.165, 1.54) is 17.8 Å². The number of halogens is 1. The molecule has 0 spiro atoms. The highest BCUT2D eigenvalue weighted by Gasteiger charge is 2.13. The van der Waals surface area contributed by atoms with E-state index in [-0.39, 0.29) is 24.7 Å². The highest BCUT2D eigenvalue weighted by molar-refractivity contribution is 7.99. The summed E-state index contributed by atoms with van der Waals surface area (Å²) >= 11 is 1.20. The highest BCUT2D eigenvalue weighted by Crippen LogP contribution is 2.21. The molecule has 1 unspecified atom stereocenters. The average molecular weight is 287 g/mol. The number of thioether (sulfide) groups is 1. The molecule has 0 aliphatic rings. The molecular weight excluding hydrogens is 273 g/mol. The monoisotopic (exact) mass is 287 g/mol. The fourth-order valence-corrected chi connectivity index (χ4v) is 2.09. The van der Waals surface area contributed by atoms with Crippen LogP contribution in [0.15, 0.2) is 29.2 Å². The number of carbonyl (C=O) groups excluding carboxylic acids is 1. The Morgan fingerprint density at radius 3 is 2.68 bits per heavy atom. The molecule has 7 heteroatoms. The number of aliphatic hydroxyl groups is 1.